The monoisotopic (exact) mass is 338 g/mol. The summed E-state index contributed by atoms with van der Waals surface area (Å²) in [5, 5.41) is 4.52. The Bertz CT molecular complexity index is 694. The molecular formula is C16H19FN2O3S. The highest BCUT2D eigenvalue weighted by molar-refractivity contribution is 7.07. The zero-order valence-corrected chi connectivity index (χ0v) is 13.7. The summed E-state index contributed by atoms with van der Waals surface area (Å²) in [6.07, 6.45) is 1.54. The Morgan fingerprint density at radius 3 is 2.70 bits per heavy atom. The van der Waals surface area contributed by atoms with Crippen molar-refractivity contribution in [2.75, 3.05) is 13.2 Å². The van der Waals surface area contributed by atoms with E-state index in [1.165, 1.54) is 16.7 Å². The third-order valence-electron chi connectivity index (χ3n) is 3.25. The molecule has 23 heavy (non-hydrogen) atoms. The van der Waals surface area contributed by atoms with Crippen LogP contribution < -0.4 is 14.9 Å². The molecule has 1 aromatic carbocycles. The van der Waals surface area contributed by atoms with Crippen LogP contribution in [0.4, 0.5) is 4.39 Å². The molecule has 7 heteroatoms. The lowest BCUT2D eigenvalue weighted by atomic mass is 10.3. The second-order valence-electron chi connectivity index (χ2n) is 5.09. The van der Waals surface area contributed by atoms with E-state index in [2.05, 4.69) is 5.32 Å². The van der Waals surface area contributed by atoms with Gasteiger partial charge in [0, 0.05) is 17.6 Å². The lowest BCUT2D eigenvalue weighted by Gasteiger charge is -2.08. The van der Waals surface area contributed by atoms with Crippen molar-refractivity contribution in [2.24, 2.45) is 0 Å². The molecular weight excluding hydrogens is 319 g/mol. The fourth-order valence-corrected chi connectivity index (χ4v) is 2.71. The highest BCUT2D eigenvalue weighted by atomic mass is 32.1. The molecule has 124 valence electrons. The maximum atomic E-state index is 12.7. The number of aryl methyl sites for hydroxylation is 1. The molecule has 0 spiro atoms. The minimum Gasteiger partial charge on any atom is -0.494 e. The summed E-state index contributed by atoms with van der Waals surface area (Å²) in [7, 11) is 0. The number of thiazole rings is 1. The Balaban J connectivity index is 1.59. The molecule has 1 heterocycles. The van der Waals surface area contributed by atoms with Gasteiger partial charge in [-0.15, -0.1) is 0 Å². The lowest BCUT2D eigenvalue weighted by molar-refractivity contribution is -0.121. The molecule has 2 aromatic rings. The largest absolute Gasteiger partial charge is 0.494 e. The standard InChI is InChI=1S/C16H19FN2O3S/c1-12-11-23-16(21)19(12)10-15(20)18-8-2-3-9-22-14-6-4-13(17)5-7-14/h4-7,11H,2-3,8-10H2,1H3,(H,18,20). The topological polar surface area (TPSA) is 60.3 Å². The van der Waals surface area contributed by atoms with Crippen LogP contribution >= 0.6 is 11.3 Å². The Kier molecular flexibility index (Phi) is 6.34. The number of aromatic nitrogens is 1. The maximum Gasteiger partial charge on any atom is 0.307 e. The number of carbonyl (C=O) groups excluding carboxylic acids is 1. The first kappa shape index (κ1) is 17.2. The van der Waals surface area contributed by atoms with Gasteiger partial charge in [0.2, 0.25) is 5.91 Å². The lowest BCUT2D eigenvalue weighted by Crippen LogP contribution is -2.31. The van der Waals surface area contributed by atoms with Crippen LogP contribution in [0.3, 0.4) is 0 Å². The van der Waals surface area contributed by atoms with Gasteiger partial charge in [0.15, 0.2) is 0 Å². The number of benzene rings is 1. The second kappa shape index (κ2) is 8.47. The summed E-state index contributed by atoms with van der Waals surface area (Å²) in [5.74, 6) is 0.163. The average molecular weight is 338 g/mol. The van der Waals surface area contributed by atoms with E-state index in [9.17, 15) is 14.0 Å². The summed E-state index contributed by atoms with van der Waals surface area (Å²) in [5.41, 5.74) is 0.794. The van der Waals surface area contributed by atoms with E-state index in [1.807, 2.05) is 0 Å². The highest BCUT2D eigenvalue weighted by Gasteiger charge is 2.07. The van der Waals surface area contributed by atoms with E-state index >= 15 is 0 Å². The van der Waals surface area contributed by atoms with Crippen molar-refractivity contribution in [3.8, 4) is 5.75 Å². The number of nitrogens with zero attached hydrogens (tertiary/aromatic N) is 1. The van der Waals surface area contributed by atoms with E-state index < -0.39 is 0 Å². The molecule has 5 nitrogen and oxygen atoms in total. The number of ether oxygens (including phenoxy) is 1. The maximum absolute atomic E-state index is 12.7. The first-order valence-corrected chi connectivity index (χ1v) is 8.24. The Labute approximate surface area is 137 Å². The van der Waals surface area contributed by atoms with Gasteiger partial charge in [0.1, 0.15) is 18.1 Å². The van der Waals surface area contributed by atoms with Gasteiger partial charge in [0.25, 0.3) is 0 Å². The molecule has 0 unspecified atom stereocenters. The predicted octanol–water partition coefficient (Wildman–Crippen LogP) is 2.33. The molecule has 0 fully saturated rings. The van der Waals surface area contributed by atoms with Gasteiger partial charge in [-0.2, -0.15) is 0 Å². The number of hydrogen-bond donors (Lipinski definition) is 1. The first-order valence-electron chi connectivity index (χ1n) is 7.36. The molecule has 0 atom stereocenters. The van der Waals surface area contributed by atoms with Crippen molar-refractivity contribution in [3.63, 3.8) is 0 Å². The van der Waals surface area contributed by atoms with Crippen LogP contribution in [0.25, 0.3) is 0 Å². The average Bonchev–Trinajstić information content (AvgIpc) is 2.84. The summed E-state index contributed by atoms with van der Waals surface area (Å²) >= 11 is 1.09. The highest BCUT2D eigenvalue weighted by Crippen LogP contribution is 2.11. The van der Waals surface area contributed by atoms with E-state index in [0.29, 0.717) is 18.9 Å². The molecule has 0 bridgehead atoms. The molecule has 1 amide bonds. The van der Waals surface area contributed by atoms with Crippen LogP contribution in [-0.4, -0.2) is 23.6 Å². The SMILES string of the molecule is Cc1csc(=O)n1CC(=O)NCCCCOc1ccc(F)cc1. The molecule has 0 aliphatic heterocycles. The number of rotatable bonds is 8. The van der Waals surface area contributed by atoms with Crippen molar-refractivity contribution in [2.45, 2.75) is 26.3 Å². The Morgan fingerprint density at radius 2 is 2.04 bits per heavy atom. The van der Waals surface area contributed by atoms with Crippen LogP contribution in [0.2, 0.25) is 0 Å². The van der Waals surface area contributed by atoms with Crippen molar-refractivity contribution in [1.29, 1.82) is 0 Å². The van der Waals surface area contributed by atoms with Crippen LogP contribution in [0.1, 0.15) is 18.5 Å². The minimum atomic E-state index is -0.292. The number of hydrogen-bond acceptors (Lipinski definition) is 4. The van der Waals surface area contributed by atoms with Crippen molar-refractivity contribution in [3.05, 3.63) is 50.8 Å². The summed E-state index contributed by atoms with van der Waals surface area (Å²) in [6.45, 7) is 2.90. The van der Waals surface area contributed by atoms with E-state index in [0.717, 1.165) is 29.9 Å². The summed E-state index contributed by atoms with van der Waals surface area (Å²) in [4.78, 5) is 23.2. The molecule has 0 aliphatic rings. The zero-order chi connectivity index (χ0) is 16.7. The van der Waals surface area contributed by atoms with Crippen molar-refractivity contribution < 1.29 is 13.9 Å². The third-order valence-corrected chi connectivity index (χ3v) is 4.13. The molecule has 1 N–H and O–H groups in total. The normalized spacial score (nSPS) is 10.5. The van der Waals surface area contributed by atoms with Gasteiger partial charge in [-0.25, -0.2) is 4.39 Å². The molecule has 0 aliphatic carbocycles. The fourth-order valence-electron chi connectivity index (χ4n) is 1.97. The first-order chi connectivity index (χ1) is 11.1. The third kappa shape index (κ3) is 5.52. The summed E-state index contributed by atoms with van der Waals surface area (Å²) in [6, 6.07) is 5.86. The van der Waals surface area contributed by atoms with Gasteiger partial charge < -0.3 is 10.1 Å². The fraction of sp³-hybridized carbons (Fsp3) is 0.375. The van der Waals surface area contributed by atoms with Crippen LogP contribution in [0.5, 0.6) is 5.75 Å². The van der Waals surface area contributed by atoms with E-state index in [4.69, 9.17) is 4.74 Å². The van der Waals surface area contributed by atoms with Gasteiger partial charge >= 0.3 is 4.87 Å². The minimum absolute atomic E-state index is 0.0558. The smallest absolute Gasteiger partial charge is 0.307 e. The Morgan fingerprint density at radius 1 is 1.30 bits per heavy atom. The van der Waals surface area contributed by atoms with Gasteiger partial charge in [0.05, 0.1) is 6.61 Å². The number of halogens is 1. The van der Waals surface area contributed by atoms with Crippen molar-refractivity contribution >= 4 is 17.2 Å². The van der Waals surface area contributed by atoms with Crippen molar-refractivity contribution in [1.82, 2.24) is 9.88 Å². The van der Waals surface area contributed by atoms with Crippen LogP contribution in [0.15, 0.2) is 34.4 Å². The molecule has 0 saturated heterocycles. The summed E-state index contributed by atoms with van der Waals surface area (Å²) < 4.78 is 19.6. The molecule has 1 aromatic heterocycles. The van der Waals surface area contributed by atoms with Gasteiger partial charge in [-0.1, -0.05) is 11.3 Å². The molecule has 2 rings (SSSR count). The number of unbranched alkanes of at least 4 members (excludes halogenated alkanes) is 1. The van der Waals surface area contributed by atoms with Crippen LogP contribution in [-0.2, 0) is 11.3 Å². The molecule has 0 radical (unpaired) electrons. The van der Waals surface area contributed by atoms with Crippen LogP contribution in [0, 0.1) is 12.7 Å². The van der Waals surface area contributed by atoms with Gasteiger partial charge in [-0.3, -0.25) is 14.2 Å². The number of carbonyl (C=O) groups is 1. The van der Waals surface area contributed by atoms with E-state index in [-0.39, 0.29) is 23.1 Å². The predicted molar refractivity (Wildman–Crippen MR) is 87.5 cm³/mol. The quantitative estimate of drug-likeness (QED) is 0.752. The second-order valence-corrected chi connectivity index (χ2v) is 5.91. The Hall–Kier alpha value is -2.15. The molecule has 0 saturated carbocycles. The number of nitrogens with one attached hydrogen (secondary N) is 1. The zero-order valence-electron chi connectivity index (χ0n) is 12.9. The van der Waals surface area contributed by atoms with Gasteiger partial charge in [-0.05, 0) is 44.0 Å². The van der Waals surface area contributed by atoms with E-state index in [1.54, 1.807) is 24.4 Å². The number of amides is 1.